The second kappa shape index (κ2) is 8.66. The first-order valence-electron chi connectivity index (χ1n) is 11.8. The van der Waals surface area contributed by atoms with Crippen LogP contribution < -0.4 is 9.64 Å². The Labute approximate surface area is 188 Å². The largest absolute Gasteiger partial charge is 0.461 e. The van der Waals surface area contributed by atoms with Gasteiger partial charge in [-0.2, -0.15) is 9.97 Å². The van der Waals surface area contributed by atoms with E-state index >= 15 is 0 Å². The normalized spacial score (nSPS) is 26.9. The summed E-state index contributed by atoms with van der Waals surface area (Å²) in [6.45, 7) is 5.74. The number of hydrogen-bond acceptors (Lipinski definition) is 6. The lowest BCUT2D eigenvalue weighted by atomic mass is 9.95. The molecule has 5 heterocycles. The van der Waals surface area contributed by atoms with E-state index in [4.69, 9.17) is 21.3 Å². The SMILES string of the molecule is CC[C@@H]1CC[C@]2(COc3nc(N4CCCCCC4)c4cnc(Cl)c(F)c4n3)CCCN12. The van der Waals surface area contributed by atoms with E-state index in [2.05, 4.69) is 26.7 Å². The number of aromatic nitrogens is 3. The van der Waals surface area contributed by atoms with Crippen molar-refractivity contribution in [3.63, 3.8) is 0 Å². The molecule has 0 aliphatic carbocycles. The molecule has 3 aliphatic rings. The molecule has 0 amide bonds. The predicted molar refractivity (Wildman–Crippen MR) is 120 cm³/mol. The Bertz CT molecular complexity index is 951. The van der Waals surface area contributed by atoms with E-state index in [-0.39, 0.29) is 22.2 Å². The highest BCUT2D eigenvalue weighted by atomic mass is 35.5. The van der Waals surface area contributed by atoms with Gasteiger partial charge in [-0.25, -0.2) is 9.37 Å². The van der Waals surface area contributed by atoms with Crippen molar-refractivity contribution in [1.29, 1.82) is 0 Å². The number of ether oxygens (including phenoxy) is 1. The van der Waals surface area contributed by atoms with Gasteiger partial charge in [-0.15, -0.1) is 0 Å². The van der Waals surface area contributed by atoms with Crippen molar-refractivity contribution in [1.82, 2.24) is 19.9 Å². The van der Waals surface area contributed by atoms with Crippen LogP contribution in [-0.2, 0) is 0 Å². The number of halogens is 2. The number of pyridine rings is 1. The molecule has 0 N–H and O–H groups in total. The average molecular weight is 448 g/mol. The molecule has 31 heavy (non-hydrogen) atoms. The van der Waals surface area contributed by atoms with Gasteiger partial charge in [0.1, 0.15) is 17.9 Å². The van der Waals surface area contributed by atoms with Crippen LogP contribution in [0.2, 0.25) is 5.15 Å². The van der Waals surface area contributed by atoms with Gasteiger partial charge in [-0.05, 0) is 51.5 Å². The third kappa shape index (κ3) is 3.84. The maximum Gasteiger partial charge on any atom is 0.319 e. The van der Waals surface area contributed by atoms with Gasteiger partial charge in [-0.3, -0.25) is 4.90 Å². The third-order valence-electron chi connectivity index (χ3n) is 7.48. The monoisotopic (exact) mass is 447 g/mol. The first kappa shape index (κ1) is 21.1. The van der Waals surface area contributed by atoms with Gasteiger partial charge in [0.2, 0.25) is 0 Å². The number of rotatable bonds is 5. The van der Waals surface area contributed by atoms with Crippen LogP contribution in [0, 0.1) is 5.82 Å². The Morgan fingerprint density at radius 1 is 1.13 bits per heavy atom. The molecule has 6 nitrogen and oxygen atoms in total. The predicted octanol–water partition coefficient (Wildman–Crippen LogP) is 4.98. The summed E-state index contributed by atoms with van der Waals surface area (Å²) in [5.74, 6) is 0.110. The highest BCUT2D eigenvalue weighted by Crippen LogP contribution is 2.43. The first-order chi connectivity index (χ1) is 15.1. The van der Waals surface area contributed by atoms with E-state index < -0.39 is 5.82 Å². The molecule has 8 heteroatoms. The molecule has 3 aliphatic heterocycles. The van der Waals surface area contributed by atoms with E-state index in [1.54, 1.807) is 6.20 Å². The summed E-state index contributed by atoms with van der Waals surface area (Å²) in [6, 6.07) is 0.882. The second-order valence-corrected chi connectivity index (χ2v) is 9.63. The third-order valence-corrected chi connectivity index (χ3v) is 7.75. The molecular weight excluding hydrogens is 417 g/mol. The number of hydrogen-bond donors (Lipinski definition) is 0. The van der Waals surface area contributed by atoms with E-state index in [1.807, 2.05) is 0 Å². The van der Waals surface area contributed by atoms with Crippen molar-refractivity contribution in [3.8, 4) is 6.01 Å². The molecular formula is C23H31ClFN5O. The van der Waals surface area contributed by atoms with E-state index in [0.29, 0.717) is 23.9 Å². The van der Waals surface area contributed by atoms with Gasteiger partial charge in [0, 0.05) is 25.3 Å². The minimum Gasteiger partial charge on any atom is -0.461 e. The van der Waals surface area contributed by atoms with Crippen molar-refractivity contribution in [2.24, 2.45) is 0 Å². The summed E-state index contributed by atoms with van der Waals surface area (Å²) >= 11 is 5.98. The summed E-state index contributed by atoms with van der Waals surface area (Å²) < 4.78 is 21.1. The molecule has 0 aromatic carbocycles. The van der Waals surface area contributed by atoms with Gasteiger partial charge in [-0.1, -0.05) is 31.4 Å². The van der Waals surface area contributed by atoms with Gasteiger partial charge in [0.25, 0.3) is 0 Å². The first-order valence-corrected chi connectivity index (χ1v) is 12.2. The van der Waals surface area contributed by atoms with Gasteiger partial charge in [0.05, 0.1) is 10.9 Å². The Kier molecular flexibility index (Phi) is 5.90. The molecule has 2 atom stereocenters. The minimum atomic E-state index is -0.602. The van der Waals surface area contributed by atoms with Crippen LogP contribution in [0.3, 0.4) is 0 Å². The topological polar surface area (TPSA) is 54.4 Å². The van der Waals surface area contributed by atoms with Crippen LogP contribution >= 0.6 is 11.6 Å². The van der Waals surface area contributed by atoms with Crippen molar-refractivity contribution in [2.45, 2.75) is 76.3 Å². The lowest BCUT2D eigenvalue weighted by Gasteiger charge is -2.34. The zero-order chi connectivity index (χ0) is 21.4. The van der Waals surface area contributed by atoms with Crippen LogP contribution in [0.15, 0.2) is 6.20 Å². The Hall–Kier alpha value is -1.73. The summed E-state index contributed by atoms with van der Waals surface area (Å²) in [5.41, 5.74) is 0.263. The summed E-state index contributed by atoms with van der Waals surface area (Å²) in [4.78, 5) is 18.1. The summed E-state index contributed by atoms with van der Waals surface area (Å²) in [5, 5.41) is 0.435. The van der Waals surface area contributed by atoms with Crippen molar-refractivity contribution in [3.05, 3.63) is 17.2 Å². The number of anilines is 1. The molecule has 3 fully saturated rings. The molecule has 0 radical (unpaired) electrons. The molecule has 0 bridgehead atoms. The van der Waals surface area contributed by atoms with E-state index in [9.17, 15) is 4.39 Å². The second-order valence-electron chi connectivity index (χ2n) is 9.27. The summed E-state index contributed by atoms with van der Waals surface area (Å²) in [6.07, 6.45) is 12.1. The molecule has 3 saturated heterocycles. The van der Waals surface area contributed by atoms with Crippen LogP contribution in [0.4, 0.5) is 10.2 Å². The van der Waals surface area contributed by atoms with Gasteiger partial charge in [0.15, 0.2) is 11.0 Å². The van der Waals surface area contributed by atoms with Crippen molar-refractivity contribution < 1.29 is 9.13 Å². The number of fused-ring (bicyclic) bond motifs is 2. The molecule has 0 saturated carbocycles. The minimum absolute atomic E-state index is 0.0657. The van der Waals surface area contributed by atoms with Crippen LogP contribution in [0.5, 0.6) is 6.01 Å². The fraction of sp³-hybridized carbons (Fsp3) is 0.696. The van der Waals surface area contributed by atoms with Gasteiger partial charge >= 0.3 is 6.01 Å². The molecule has 2 aromatic rings. The van der Waals surface area contributed by atoms with E-state index in [0.717, 1.165) is 45.3 Å². The highest BCUT2D eigenvalue weighted by molar-refractivity contribution is 6.30. The number of nitrogens with zero attached hydrogens (tertiary/aromatic N) is 5. The average Bonchev–Trinajstić information content (AvgIpc) is 3.22. The Morgan fingerprint density at radius 3 is 2.71 bits per heavy atom. The lowest BCUT2D eigenvalue weighted by Crippen LogP contribution is -2.46. The highest BCUT2D eigenvalue weighted by Gasteiger charge is 2.49. The quantitative estimate of drug-likeness (QED) is 0.602. The maximum absolute atomic E-state index is 14.9. The van der Waals surface area contributed by atoms with Gasteiger partial charge < -0.3 is 9.64 Å². The summed E-state index contributed by atoms with van der Waals surface area (Å²) in [7, 11) is 0. The van der Waals surface area contributed by atoms with Crippen LogP contribution in [-0.4, -0.2) is 57.7 Å². The van der Waals surface area contributed by atoms with Crippen molar-refractivity contribution >= 4 is 28.3 Å². The zero-order valence-electron chi connectivity index (χ0n) is 18.2. The Morgan fingerprint density at radius 2 is 1.94 bits per heavy atom. The fourth-order valence-electron chi connectivity index (χ4n) is 5.83. The standard InChI is InChI=1S/C23H31ClFN5O/c1-2-16-8-10-23(9-7-13-30(16)23)15-31-22-27-19-17(14-26-20(24)18(19)25)21(28-22)29-11-5-3-4-6-12-29/h14,16H,2-13,15H2,1H3/t16-,23+/m1/s1. The smallest absolute Gasteiger partial charge is 0.319 e. The Balaban J connectivity index is 1.48. The molecule has 0 unspecified atom stereocenters. The lowest BCUT2D eigenvalue weighted by molar-refractivity contribution is 0.0836. The maximum atomic E-state index is 14.9. The fourth-order valence-corrected chi connectivity index (χ4v) is 5.97. The molecule has 168 valence electrons. The van der Waals surface area contributed by atoms with Crippen molar-refractivity contribution in [2.75, 3.05) is 31.1 Å². The molecule has 5 rings (SSSR count). The molecule has 2 aromatic heterocycles. The van der Waals surface area contributed by atoms with Crippen LogP contribution in [0.25, 0.3) is 10.9 Å². The van der Waals surface area contributed by atoms with Crippen LogP contribution in [0.1, 0.15) is 64.7 Å². The molecule has 0 spiro atoms. The van der Waals surface area contributed by atoms with E-state index in [1.165, 1.54) is 32.1 Å². The zero-order valence-corrected chi connectivity index (χ0v) is 19.0.